The number of ether oxygens (including phenoxy) is 2. The van der Waals surface area contributed by atoms with Crippen LogP contribution in [-0.4, -0.2) is 35.0 Å². The Hall–Kier alpha value is -4.41. The molecule has 1 aliphatic heterocycles. The standard InChI is InChI=1S/C32H31F3N2O6/c1-4-8-18-15-19(28-29-21(9-6-11-24(29)38)36(3)22-10-7-12-25(39)30(22)28)16-27(42-5-2)31(18)43-26-14-13-20(32(33,34)35)17-23(26)37(40)41/h4,13-17,28H,1,5-12H2,2-3H3. The van der Waals surface area contributed by atoms with Crippen molar-refractivity contribution in [2.45, 2.75) is 64.0 Å². The third-order valence-electron chi connectivity index (χ3n) is 8.09. The Balaban J connectivity index is 1.70. The maximum absolute atomic E-state index is 13.4. The lowest BCUT2D eigenvalue weighted by molar-refractivity contribution is -0.385. The summed E-state index contributed by atoms with van der Waals surface area (Å²) in [6.07, 6.45) is 0.608. The lowest BCUT2D eigenvalue weighted by Crippen LogP contribution is -2.37. The molecule has 0 aromatic heterocycles. The molecule has 2 aliphatic carbocycles. The summed E-state index contributed by atoms with van der Waals surface area (Å²) >= 11 is 0. The van der Waals surface area contributed by atoms with E-state index in [4.69, 9.17) is 9.47 Å². The lowest BCUT2D eigenvalue weighted by Gasteiger charge is -2.42. The van der Waals surface area contributed by atoms with Crippen LogP contribution in [0.5, 0.6) is 17.2 Å². The van der Waals surface area contributed by atoms with Gasteiger partial charge in [0, 0.05) is 60.0 Å². The van der Waals surface area contributed by atoms with E-state index in [-0.39, 0.29) is 36.1 Å². The third kappa shape index (κ3) is 5.55. The molecule has 11 heteroatoms. The second-order valence-corrected chi connectivity index (χ2v) is 10.7. The lowest BCUT2D eigenvalue weighted by atomic mass is 9.71. The van der Waals surface area contributed by atoms with Crippen molar-refractivity contribution in [2.75, 3.05) is 13.7 Å². The quantitative estimate of drug-likeness (QED) is 0.176. The number of alkyl halides is 3. The number of carbonyl (C=O) groups excluding carboxylic acids is 2. The smallest absolute Gasteiger partial charge is 0.416 e. The van der Waals surface area contributed by atoms with Crippen LogP contribution in [0, 0.1) is 10.1 Å². The number of hydrogen-bond donors (Lipinski definition) is 0. The van der Waals surface area contributed by atoms with Gasteiger partial charge in [-0.2, -0.15) is 13.2 Å². The number of carbonyl (C=O) groups is 2. The fraction of sp³-hybridized carbons (Fsp3) is 0.375. The number of nitro benzene ring substituents is 1. The monoisotopic (exact) mass is 596 g/mol. The van der Waals surface area contributed by atoms with Gasteiger partial charge in [-0.1, -0.05) is 12.1 Å². The molecule has 0 spiro atoms. The summed E-state index contributed by atoms with van der Waals surface area (Å²) in [6, 6.07) is 5.49. The van der Waals surface area contributed by atoms with E-state index in [1.54, 1.807) is 25.1 Å². The van der Waals surface area contributed by atoms with E-state index in [0.29, 0.717) is 60.1 Å². The first-order valence-corrected chi connectivity index (χ1v) is 14.2. The molecule has 226 valence electrons. The highest BCUT2D eigenvalue weighted by Crippen LogP contribution is 2.51. The summed E-state index contributed by atoms with van der Waals surface area (Å²) in [7, 11) is 1.90. The molecule has 8 nitrogen and oxygen atoms in total. The average molecular weight is 597 g/mol. The Kier molecular flexibility index (Phi) is 8.18. The number of Topliss-reactive ketones (excluding diaryl/α,β-unsaturated/α-hetero) is 2. The molecule has 0 fully saturated rings. The summed E-state index contributed by atoms with van der Waals surface area (Å²) in [5, 5.41) is 11.8. The Bertz CT molecular complexity index is 1550. The van der Waals surface area contributed by atoms with Crippen LogP contribution >= 0.6 is 0 Å². The Morgan fingerprint density at radius 1 is 1.02 bits per heavy atom. The third-order valence-corrected chi connectivity index (χ3v) is 8.09. The number of benzene rings is 2. The van der Waals surface area contributed by atoms with Crippen LogP contribution in [0.2, 0.25) is 0 Å². The number of rotatable bonds is 8. The van der Waals surface area contributed by atoms with Crippen molar-refractivity contribution in [1.82, 2.24) is 4.90 Å². The molecule has 0 bridgehead atoms. The summed E-state index contributed by atoms with van der Waals surface area (Å²) in [4.78, 5) is 39.7. The van der Waals surface area contributed by atoms with E-state index in [0.717, 1.165) is 30.3 Å². The van der Waals surface area contributed by atoms with Gasteiger partial charge in [0.05, 0.1) is 17.1 Å². The number of allylic oxidation sites excluding steroid dienone is 5. The average Bonchev–Trinajstić information content (AvgIpc) is 2.95. The van der Waals surface area contributed by atoms with Gasteiger partial charge in [-0.05, 0) is 62.8 Å². The minimum Gasteiger partial charge on any atom is -0.490 e. The van der Waals surface area contributed by atoms with E-state index >= 15 is 0 Å². The van der Waals surface area contributed by atoms with E-state index in [9.17, 15) is 32.9 Å². The zero-order valence-electron chi connectivity index (χ0n) is 23.9. The Labute approximate surface area is 246 Å². The molecule has 43 heavy (non-hydrogen) atoms. The van der Waals surface area contributed by atoms with Crippen molar-refractivity contribution in [2.24, 2.45) is 0 Å². The van der Waals surface area contributed by atoms with Gasteiger partial charge in [-0.3, -0.25) is 19.7 Å². The van der Waals surface area contributed by atoms with Crippen LogP contribution in [0.4, 0.5) is 18.9 Å². The van der Waals surface area contributed by atoms with Gasteiger partial charge < -0.3 is 14.4 Å². The molecule has 0 N–H and O–H groups in total. The molecular weight excluding hydrogens is 565 g/mol. The molecule has 0 amide bonds. The number of hydrogen-bond acceptors (Lipinski definition) is 7. The highest BCUT2D eigenvalue weighted by molar-refractivity contribution is 6.06. The molecule has 2 aromatic carbocycles. The van der Waals surface area contributed by atoms with Crippen molar-refractivity contribution in [3.63, 3.8) is 0 Å². The summed E-state index contributed by atoms with van der Waals surface area (Å²) in [5.41, 5.74) is 2.06. The van der Waals surface area contributed by atoms with Gasteiger partial charge in [0.15, 0.2) is 23.1 Å². The topological polar surface area (TPSA) is 99.0 Å². The minimum absolute atomic E-state index is 0.0213. The molecule has 0 atom stereocenters. The first kappa shape index (κ1) is 30.1. The zero-order valence-corrected chi connectivity index (χ0v) is 23.9. The fourth-order valence-corrected chi connectivity index (χ4v) is 6.25. The van der Waals surface area contributed by atoms with Crippen LogP contribution in [0.15, 0.2) is 65.5 Å². The van der Waals surface area contributed by atoms with Crippen molar-refractivity contribution in [3.05, 3.63) is 92.3 Å². The second kappa shape index (κ2) is 11.7. The molecule has 2 aromatic rings. The van der Waals surface area contributed by atoms with Gasteiger partial charge in [0.1, 0.15) is 0 Å². The van der Waals surface area contributed by atoms with Crippen molar-refractivity contribution in [1.29, 1.82) is 0 Å². The number of nitro groups is 1. The Morgan fingerprint density at radius 3 is 2.19 bits per heavy atom. The minimum atomic E-state index is -4.78. The second-order valence-electron chi connectivity index (χ2n) is 10.7. The molecule has 1 heterocycles. The van der Waals surface area contributed by atoms with Gasteiger partial charge in [0.2, 0.25) is 5.75 Å². The maximum Gasteiger partial charge on any atom is 0.416 e. The van der Waals surface area contributed by atoms with Crippen molar-refractivity contribution >= 4 is 17.3 Å². The normalized spacial score (nSPS) is 17.6. The van der Waals surface area contributed by atoms with E-state index in [1.807, 2.05) is 11.9 Å². The largest absolute Gasteiger partial charge is 0.490 e. The molecule has 0 unspecified atom stereocenters. The molecule has 0 saturated carbocycles. The van der Waals surface area contributed by atoms with Gasteiger partial charge in [-0.25, -0.2) is 0 Å². The van der Waals surface area contributed by atoms with Gasteiger partial charge in [0.25, 0.3) is 0 Å². The van der Waals surface area contributed by atoms with Crippen LogP contribution < -0.4 is 9.47 Å². The summed E-state index contributed by atoms with van der Waals surface area (Å²) < 4.78 is 51.8. The van der Waals surface area contributed by atoms with E-state index < -0.39 is 34.0 Å². The number of nitrogens with zero attached hydrogens (tertiary/aromatic N) is 2. The van der Waals surface area contributed by atoms with Crippen LogP contribution in [0.3, 0.4) is 0 Å². The highest BCUT2D eigenvalue weighted by atomic mass is 19.4. The van der Waals surface area contributed by atoms with Gasteiger partial charge in [-0.15, -0.1) is 6.58 Å². The van der Waals surface area contributed by atoms with Crippen LogP contribution in [0.25, 0.3) is 0 Å². The first-order valence-electron chi connectivity index (χ1n) is 14.2. The maximum atomic E-state index is 13.4. The summed E-state index contributed by atoms with van der Waals surface area (Å²) in [5.74, 6) is -0.801. The highest BCUT2D eigenvalue weighted by Gasteiger charge is 2.43. The number of ketones is 2. The predicted octanol–water partition coefficient (Wildman–Crippen LogP) is 7.58. The van der Waals surface area contributed by atoms with Crippen molar-refractivity contribution < 1.29 is 37.2 Å². The van der Waals surface area contributed by atoms with Crippen LogP contribution in [-0.2, 0) is 22.2 Å². The molecule has 0 radical (unpaired) electrons. The predicted molar refractivity (Wildman–Crippen MR) is 152 cm³/mol. The molecule has 5 rings (SSSR count). The fourth-order valence-electron chi connectivity index (χ4n) is 6.25. The molecule has 3 aliphatic rings. The van der Waals surface area contributed by atoms with Crippen molar-refractivity contribution in [3.8, 4) is 17.2 Å². The zero-order chi connectivity index (χ0) is 31.1. The van der Waals surface area contributed by atoms with E-state index in [1.165, 1.54) is 0 Å². The van der Waals surface area contributed by atoms with Gasteiger partial charge >= 0.3 is 11.9 Å². The molecular formula is C32H31F3N2O6. The molecule has 0 saturated heterocycles. The van der Waals surface area contributed by atoms with Crippen LogP contribution in [0.1, 0.15) is 68.1 Å². The Morgan fingerprint density at radius 2 is 1.65 bits per heavy atom. The number of halogens is 3. The SMILES string of the molecule is C=CCc1cc(C2C3=C(CCCC3=O)N(C)C3=C2C(=O)CCC3)cc(OCC)c1Oc1ccc(C(F)(F)F)cc1[N+](=O)[O-]. The first-order chi connectivity index (χ1) is 20.5. The van der Waals surface area contributed by atoms with E-state index in [2.05, 4.69) is 6.58 Å². The summed E-state index contributed by atoms with van der Waals surface area (Å²) in [6.45, 7) is 5.72.